The second kappa shape index (κ2) is 6.81. The van der Waals surface area contributed by atoms with Crippen molar-refractivity contribution in [3.05, 3.63) is 29.8 Å². The highest BCUT2D eigenvalue weighted by Gasteiger charge is 2.24. The molecule has 1 saturated heterocycles. The molecule has 5 nitrogen and oxygen atoms in total. The fourth-order valence-corrected chi connectivity index (χ4v) is 2.60. The minimum atomic E-state index is -0.489. The Morgan fingerprint density at radius 3 is 2.86 bits per heavy atom. The van der Waals surface area contributed by atoms with Crippen molar-refractivity contribution in [1.82, 2.24) is 5.32 Å². The maximum Gasteiger partial charge on any atom is 0.407 e. The Labute approximate surface area is 131 Å². The lowest BCUT2D eigenvalue weighted by atomic mass is 10.0. The van der Waals surface area contributed by atoms with Crippen LogP contribution in [0.4, 0.5) is 10.5 Å². The predicted octanol–water partition coefficient (Wildman–Crippen LogP) is 2.99. The molecule has 0 aromatic heterocycles. The Morgan fingerprint density at radius 1 is 1.41 bits per heavy atom. The smallest absolute Gasteiger partial charge is 0.407 e. The molecular weight excluding hydrogens is 280 g/mol. The number of nitrogens with zero attached hydrogens (tertiary/aromatic N) is 1. The molecule has 1 fully saturated rings. The largest absolute Gasteiger partial charge is 0.444 e. The zero-order valence-electron chi connectivity index (χ0n) is 13.5. The summed E-state index contributed by atoms with van der Waals surface area (Å²) in [4.78, 5) is 25.0. The van der Waals surface area contributed by atoms with Crippen LogP contribution in [0, 0.1) is 0 Å². The molecule has 1 amide bonds. The first kappa shape index (κ1) is 16.3. The Bertz CT molecular complexity index is 537. The van der Waals surface area contributed by atoms with Gasteiger partial charge in [-0.05, 0) is 45.7 Å². The molecule has 1 atom stereocenters. The van der Waals surface area contributed by atoms with E-state index in [-0.39, 0.29) is 12.1 Å². The van der Waals surface area contributed by atoms with Gasteiger partial charge in [0.25, 0.3) is 0 Å². The van der Waals surface area contributed by atoms with Crippen molar-refractivity contribution in [3.63, 3.8) is 0 Å². The van der Waals surface area contributed by atoms with Gasteiger partial charge in [-0.15, -0.1) is 0 Å². The van der Waals surface area contributed by atoms with Crippen molar-refractivity contribution in [1.29, 1.82) is 0 Å². The predicted molar refractivity (Wildman–Crippen MR) is 86.4 cm³/mol. The number of piperidine rings is 1. The molecule has 1 heterocycles. The number of aldehydes is 1. The third kappa shape index (κ3) is 4.76. The van der Waals surface area contributed by atoms with Crippen molar-refractivity contribution in [2.45, 2.75) is 45.3 Å². The quantitative estimate of drug-likeness (QED) is 0.872. The van der Waals surface area contributed by atoms with Crippen molar-refractivity contribution >= 4 is 18.1 Å². The van der Waals surface area contributed by atoms with Crippen LogP contribution in [0.5, 0.6) is 0 Å². The van der Waals surface area contributed by atoms with Gasteiger partial charge < -0.3 is 15.0 Å². The molecule has 0 saturated carbocycles. The molecule has 1 aromatic carbocycles. The van der Waals surface area contributed by atoms with Gasteiger partial charge in [-0.1, -0.05) is 12.1 Å². The van der Waals surface area contributed by atoms with Crippen LogP contribution < -0.4 is 10.2 Å². The number of alkyl carbamates (subject to hydrolysis) is 1. The van der Waals surface area contributed by atoms with Gasteiger partial charge in [0.05, 0.1) is 0 Å². The molecule has 0 unspecified atom stereocenters. The van der Waals surface area contributed by atoms with Crippen LogP contribution in [0.2, 0.25) is 0 Å². The number of benzene rings is 1. The highest BCUT2D eigenvalue weighted by Crippen LogP contribution is 2.21. The maximum absolute atomic E-state index is 11.9. The summed E-state index contributed by atoms with van der Waals surface area (Å²) >= 11 is 0. The standard InChI is InChI=1S/C17H24N2O3/c1-17(2,3)22-16(21)18-14-7-5-9-19(11-14)15-8-4-6-13(10-15)12-20/h4,6,8,10,12,14H,5,7,9,11H2,1-3H3,(H,18,21)/t14-/m0/s1. The number of hydrogen-bond acceptors (Lipinski definition) is 4. The molecule has 0 aliphatic carbocycles. The third-order valence-electron chi connectivity index (χ3n) is 3.51. The molecule has 0 radical (unpaired) electrons. The summed E-state index contributed by atoms with van der Waals surface area (Å²) in [5.41, 5.74) is 1.19. The molecule has 1 aliphatic rings. The number of carbonyl (C=O) groups excluding carboxylic acids is 2. The summed E-state index contributed by atoms with van der Waals surface area (Å²) in [7, 11) is 0. The first-order chi connectivity index (χ1) is 10.4. The lowest BCUT2D eigenvalue weighted by Crippen LogP contribution is -2.49. The van der Waals surface area contributed by atoms with E-state index in [9.17, 15) is 9.59 Å². The first-order valence-electron chi connectivity index (χ1n) is 7.67. The molecule has 1 aliphatic heterocycles. The van der Waals surface area contributed by atoms with E-state index >= 15 is 0 Å². The number of nitrogens with one attached hydrogen (secondary N) is 1. The highest BCUT2D eigenvalue weighted by atomic mass is 16.6. The Morgan fingerprint density at radius 2 is 2.18 bits per heavy atom. The summed E-state index contributed by atoms with van der Waals surface area (Å²) in [5.74, 6) is 0. The van der Waals surface area contributed by atoms with Crippen LogP contribution in [0.25, 0.3) is 0 Å². The summed E-state index contributed by atoms with van der Waals surface area (Å²) in [6, 6.07) is 7.59. The average molecular weight is 304 g/mol. The summed E-state index contributed by atoms with van der Waals surface area (Å²) < 4.78 is 5.30. The van der Waals surface area contributed by atoms with Gasteiger partial charge in [0.2, 0.25) is 0 Å². The SMILES string of the molecule is CC(C)(C)OC(=O)N[C@H]1CCCN(c2cccc(C=O)c2)C1. The number of amides is 1. The van der Waals surface area contributed by atoms with E-state index in [4.69, 9.17) is 4.74 Å². The number of hydrogen-bond donors (Lipinski definition) is 1. The number of rotatable bonds is 3. The lowest BCUT2D eigenvalue weighted by Gasteiger charge is -2.35. The van der Waals surface area contributed by atoms with E-state index in [1.165, 1.54) is 0 Å². The van der Waals surface area contributed by atoms with Crippen LogP contribution in [0.3, 0.4) is 0 Å². The average Bonchev–Trinajstić information content (AvgIpc) is 2.45. The van der Waals surface area contributed by atoms with Gasteiger partial charge in [0, 0.05) is 30.4 Å². The van der Waals surface area contributed by atoms with Crippen molar-refractivity contribution in [2.75, 3.05) is 18.0 Å². The highest BCUT2D eigenvalue weighted by molar-refractivity contribution is 5.77. The normalized spacial score (nSPS) is 18.7. The minimum absolute atomic E-state index is 0.0588. The molecule has 0 bridgehead atoms. The Kier molecular flexibility index (Phi) is 5.06. The molecule has 1 aromatic rings. The molecular formula is C17H24N2O3. The summed E-state index contributed by atoms with van der Waals surface area (Å²) in [6.07, 6.45) is 2.40. The Hall–Kier alpha value is -2.04. The molecule has 5 heteroatoms. The van der Waals surface area contributed by atoms with Crippen LogP contribution in [0.1, 0.15) is 44.0 Å². The van der Waals surface area contributed by atoms with E-state index < -0.39 is 5.60 Å². The molecule has 1 N–H and O–H groups in total. The monoisotopic (exact) mass is 304 g/mol. The van der Waals surface area contributed by atoms with Crippen LogP contribution >= 0.6 is 0 Å². The number of anilines is 1. The van der Waals surface area contributed by atoms with Gasteiger partial charge in [-0.25, -0.2) is 4.79 Å². The van der Waals surface area contributed by atoms with Crippen LogP contribution in [-0.4, -0.2) is 37.1 Å². The van der Waals surface area contributed by atoms with Gasteiger partial charge in [-0.2, -0.15) is 0 Å². The van der Waals surface area contributed by atoms with Crippen LogP contribution in [-0.2, 0) is 4.74 Å². The third-order valence-corrected chi connectivity index (χ3v) is 3.51. The number of carbonyl (C=O) groups is 2. The fraction of sp³-hybridized carbons (Fsp3) is 0.529. The van der Waals surface area contributed by atoms with Crippen molar-refractivity contribution in [3.8, 4) is 0 Å². The van der Waals surface area contributed by atoms with Gasteiger partial charge >= 0.3 is 6.09 Å². The zero-order valence-corrected chi connectivity index (χ0v) is 13.5. The van der Waals surface area contributed by atoms with E-state index in [0.717, 1.165) is 37.9 Å². The maximum atomic E-state index is 11.9. The molecule has 22 heavy (non-hydrogen) atoms. The second-order valence-electron chi connectivity index (χ2n) is 6.64. The van der Waals surface area contributed by atoms with E-state index in [0.29, 0.717) is 5.56 Å². The number of ether oxygens (including phenoxy) is 1. The lowest BCUT2D eigenvalue weighted by molar-refractivity contribution is 0.0500. The minimum Gasteiger partial charge on any atom is -0.444 e. The Balaban J connectivity index is 1.96. The van der Waals surface area contributed by atoms with Gasteiger partial charge in [0.1, 0.15) is 11.9 Å². The van der Waals surface area contributed by atoms with Gasteiger partial charge in [-0.3, -0.25) is 4.79 Å². The summed E-state index contributed by atoms with van der Waals surface area (Å²) in [5, 5.41) is 2.93. The first-order valence-corrected chi connectivity index (χ1v) is 7.67. The second-order valence-corrected chi connectivity index (χ2v) is 6.64. The molecule has 2 rings (SSSR count). The van der Waals surface area contributed by atoms with Crippen molar-refractivity contribution in [2.24, 2.45) is 0 Å². The molecule has 0 spiro atoms. The zero-order chi connectivity index (χ0) is 16.2. The van der Waals surface area contributed by atoms with Crippen LogP contribution in [0.15, 0.2) is 24.3 Å². The molecule has 120 valence electrons. The summed E-state index contributed by atoms with van der Waals surface area (Å²) in [6.45, 7) is 7.20. The fourth-order valence-electron chi connectivity index (χ4n) is 2.60. The topological polar surface area (TPSA) is 58.6 Å². The van der Waals surface area contributed by atoms with E-state index in [2.05, 4.69) is 10.2 Å². The van der Waals surface area contributed by atoms with E-state index in [1.54, 1.807) is 6.07 Å². The van der Waals surface area contributed by atoms with Crippen molar-refractivity contribution < 1.29 is 14.3 Å². The van der Waals surface area contributed by atoms with E-state index in [1.807, 2.05) is 39.0 Å². The van der Waals surface area contributed by atoms with Gasteiger partial charge in [0.15, 0.2) is 0 Å².